The fraction of sp³-hybridized carbons (Fsp3) is 0.167. The zero-order valence-corrected chi connectivity index (χ0v) is 16.0. The maximum atomic E-state index is 13.1. The number of likely N-dealkylation sites (N-methyl/N-ethyl adjacent to an activating group) is 1. The number of esters is 1. The van der Waals surface area contributed by atoms with Crippen LogP contribution in [0, 0.1) is 6.92 Å². The van der Waals surface area contributed by atoms with Gasteiger partial charge >= 0.3 is 5.97 Å². The van der Waals surface area contributed by atoms with Gasteiger partial charge in [0.1, 0.15) is 5.75 Å². The Morgan fingerprint density at radius 1 is 0.857 bits per heavy atom. The summed E-state index contributed by atoms with van der Waals surface area (Å²) >= 11 is 0. The summed E-state index contributed by atoms with van der Waals surface area (Å²) in [7, 11) is 0. The third-order valence-electron chi connectivity index (χ3n) is 4.51. The van der Waals surface area contributed by atoms with E-state index in [4.69, 9.17) is 4.74 Å². The number of benzene rings is 3. The molecule has 1 amide bonds. The molecule has 0 saturated heterocycles. The Morgan fingerprint density at radius 2 is 1.43 bits per heavy atom. The molecule has 0 fully saturated rings. The molecule has 0 heterocycles. The average molecular weight is 373 g/mol. The quantitative estimate of drug-likeness (QED) is 0.460. The molecule has 0 aromatic heterocycles. The minimum atomic E-state index is -0.835. The van der Waals surface area contributed by atoms with Gasteiger partial charge in [-0.25, -0.2) is 4.79 Å². The Bertz CT molecular complexity index is 921. The summed E-state index contributed by atoms with van der Waals surface area (Å²) in [5.41, 5.74) is 2.34. The standard InChI is InChI=1S/C24H23NO3/c1-3-25(23(26)20-10-6-4-7-11-20)22(19-16-14-18(2)15-17-19)24(27)28-21-12-8-5-9-13-21/h4-17,22H,3H2,1-2H3. The zero-order chi connectivity index (χ0) is 19.9. The van der Waals surface area contributed by atoms with E-state index in [0.717, 1.165) is 11.1 Å². The van der Waals surface area contributed by atoms with E-state index in [9.17, 15) is 9.59 Å². The van der Waals surface area contributed by atoms with Gasteiger partial charge < -0.3 is 9.64 Å². The van der Waals surface area contributed by atoms with Gasteiger partial charge in [0.05, 0.1) is 0 Å². The van der Waals surface area contributed by atoms with E-state index in [0.29, 0.717) is 17.9 Å². The summed E-state index contributed by atoms with van der Waals surface area (Å²) in [4.78, 5) is 27.8. The van der Waals surface area contributed by atoms with Gasteiger partial charge in [-0.2, -0.15) is 0 Å². The number of hydrogen-bond donors (Lipinski definition) is 0. The third kappa shape index (κ3) is 4.46. The van der Waals surface area contributed by atoms with Crippen LogP contribution in [0.15, 0.2) is 84.9 Å². The lowest BCUT2D eigenvalue weighted by molar-refractivity contribution is -0.139. The monoisotopic (exact) mass is 373 g/mol. The van der Waals surface area contributed by atoms with Gasteiger partial charge in [0.15, 0.2) is 6.04 Å². The van der Waals surface area contributed by atoms with Crippen molar-refractivity contribution >= 4 is 11.9 Å². The van der Waals surface area contributed by atoms with Crippen molar-refractivity contribution in [2.45, 2.75) is 19.9 Å². The van der Waals surface area contributed by atoms with Crippen molar-refractivity contribution in [1.82, 2.24) is 4.90 Å². The summed E-state index contributed by atoms with van der Waals surface area (Å²) in [5.74, 6) is -0.243. The molecule has 142 valence electrons. The molecule has 4 nitrogen and oxygen atoms in total. The van der Waals surface area contributed by atoms with Crippen LogP contribution in [0.3, 0.4) is 0 Å². The second-order valence-electron chi connectivity index (χ2n) is 6.50. The van der Waals surface area contributed by atoms with E-state index in [1.54, 1.807) is 41.3 Å². The summed E-state index contributed by atoms with van der Waals surface area (Å²) in [5, 5.41) is 0. The second kappa shape index (κ2) is 9.00. The van der Waals surface area contributed by atoms with Crippen LogP contribution in [0.1, 0.15) is 34.5 Å². The Labute approximate surface area is 165 Å². The highest BCUT2D eigenvalue weighted by Crippen LogP contribution is 2.26. The van der Waals surface area contributed by atoms with Crippen LogP contribution in [0.4, 0.5) is 0 Å². The minimum absolute atomic E-state index is 0.210. The van der Waals surface area contributed by atoms with Gasteiger partial charge in [-0.3, -0.25) is 4.79 Å². The van der Waals surface area contributed by atoms with Crippen LogP contribution in [0.2, 0.25) is 0 Å². The molecule has 0 N–H and O–H groups in total. The fourth-order valence-corrected chi connectivity index (χ4v) is 3.04. The predicted molar refractivity (Wildman–Crippen MR) is 109 cm³/mol. The molecule has 3 rings (SSSR count). The number of para-hydroxylation sites is 1. The molecule has 28 heavy (non-hydrogen) atoms. The molecule has 0 spiro atoms. The molecule has 0 aliphatic carbocycles. The van der Waals surface area contributed by atoms with E-state index >= 15 is 0 Å². The van der Waals surface area contributed by atoms with Gasteiger partial charge in [-0.1, -0.05) is 66.2 Å². The van der Waals surface area contributed by atoms with Crippen LogP contribution in [-0.4, -0.2) is 23.3 Å². The van der Waals surface area contributed by atoms with E-state index in [1.807, 2.05) is 62.4 Å². The van der Waals surface area contributed by atoms with Gasteiger partial charge in [0, 0.05) is 12.1 Å². The van der Waals surface area contributed by atoms with Crippen molar-refractivity contribution in [2.75, 3.05) is 6.54 Å². The first kappa shape index (κ1) is 19.4. The first-order valence-corrected chi connectivity index (χ1v) is 9.29. The molecule has 0 aliphatic rings. The summed E-state index contributed by atoms with van der Waals surface area (Å²) < 4.78 is 5.60. The minimum Gasteiger partial charge on any atom is -0.425 e. The lowest BCUT2D eigenvalue weighted by Crippen LogP contribution is -2.40. The van der Waals surface area contributed by atoms with E-state index in [1.165, 1.54) is 0 Å². The molecule has 3 aromatic carbocycles. The largest absolute Gasteiger partial charge is 0.425 e. The summed E-state index contributed by atoms with van der Waals surface area (Å²) in [6.45, 7) is 4.21. The van der Waals surface area contributed by atoms with E-state index < -0.39 is 12.0 Å². The number of nitrogens with zero attached hydrogens (tertiary/aromatic N) is 1. The zero-order valence-electron chi connectivity index (χ0n) is 16.0. The average Bonchev–Trinajstić information content (AvgIpc) is 2.73. The Kier molecular flexibility index (Phi) is 6.22. The van der Waals surface area contributed by atoms with Crippen LogP contribution < -0.4 is 4.74 Å². The topological polar surface area (TPSA) is 46.6 Å². The lowest BCUT2D eigenvalue weighted by Gasteiger charge is -2.29. The fourth-order valence-electron chi connectivity index (χ4n) is 3.04. The van der Waals surface area contributed by atoms with Crippen molar-refractivity contribution in [3.05, 3.63) is 102 Å². The molecule has 1 atom stereocenters. The highest BCUT2D eigenvalue weighted by Gasteiger charge is 2.32. The highest BCUT2D eigenvalue weighted by atomic mass is 16.5. The number of carbonyl (C=O) groups excluding carboxylic acids is 2. The number of amides is 1. The van der Waals surface area contributed by atoms with Crippen LogP contribution in [0.5, 0.6) is 5.75 Å². The molecule has 4 heteroatoms. The molecular weight excluding hydrogens is 350 g/mol. The van der Waals surface area contributed by atoms with Gasteiger partial charge in [-0.15, -0.1) is 0 Å². The molecule has 0 aliphatic heterocycles. The second-order valence-corrected chi connectivity index (χ2v) is 6.50. The molecule has 0 bridgehead atoms. The maximum Gasteiger partial charge on any atom is 0.338 e. The Morgan fingerprint density at radius 3 is 2.00 bits per heavy atom. The lowest BCUT2D eigenvalue weighted by atomic mass is 10.0. The molecule has 1 unspecified atom stereocenters. The first-order chi connectivity index (χ1) is 13.6. The SMILES string of the molecule is CCN(C(=O)c1ccccc1)C(C(=O)Oc1ccccc1)c1ccc(C)cc1. The number of hydrogen-bond acceptors (Lipinski definition) is 3. The number of ether oxygens (including phenoxy) is 1. The van der Waals surface area contributed by atoms with Crippen LogP contribution in [0.25, 0.3) is 0 Å². The molecule has 0 saturated carbocycles. The van der Waals surface area contributed by atoms with Crippen molar-refractivity contribution in [3.63, 3.8) is 0 Å². The first-order valence-electron chi connectivity index (χ1n) is 9.29. The third-order valence-corrected chi connectivity index (χ3v) is 4.51. The van der Waals surface area contributed by atoms with Gasteiger partial charge in [0.2, 0.25) is 0 Å². The smallest absolute Gasteiger partial charge is 0.338 e. The number of carbonyl (C=O) groups is 2. The Hall–Kier alpha value is -3.40. The number of rotatable bonds is 6. The van der Waals surface area contributed by atoms with Gasteiger partial charge in [0.25, 0.3) is 5.91 Å². The highest BCUT2D eigenvalue weighted by molar-refractivity contribution is 5.97. The van der Waals surface area contributed by atoms with Gasteiger partial charge in [-0.05, 0) is 43.7 Å². The van der Waals surface area contributed by atoms with Crippen molar-refractivity contribution in [2.24, 2.45) is 0 Å². The van der Waals surface area contributed by atoms with Crippen molar-refractivity contribution in [1.29, 1.82) is 0 Å². The molecule has 3 aromatic rings. The van der Waals surface area contributed by atoms with Crippen molar-refractivity contribution in [3.8, 4) is 5.75 Å². The summed E-state index contributed by atoms with van der Waals surface area (Å²) in [6, 6.07) is 24.6. The van der Waals surface area contributed by atoms with E-state index in [2.05, 4.69) is 0 Å². The number of aryl methyl sites for hydroxylation is 1. The maximum absolute atomic E-state index is 13.1. The van der Waals surface area contributed by atoms with E-state index in [-0.39, 0.29) is 5.91 Å². The Balaban J connectivity index is 1.97. The summed E-state index contributed by atoms with van der Waals surface area (Å²) in [6.07, 6.45) is 0. The van der Waals surface area contributed by atoms with Crippen LogP contribution >= 0.6 is 0 Å². The predicted octanol–water partition coefficient (Wildman–Crippen LogP) is 4.80. The van der Waals surface area contributed by atoms with Crippen molar-refractivity contribution < 1.29 is 14.3 Å². The normalized spacial score (nSPS) is 11.5. The van der Waals surface area contributed by atoms with Crippen LogP contribution in [-0.2, 0) is 4.79 Å². The molecular formula is C24H23NO3. The molecule has 0 radical (unpaired) electrons.